The fourth-order valence-electron chi connectivity index (χ4n) is 2.33. The smallest absolute Gasteiger partial charge is 0.320 e. The van der Waals surface area contributed by atoms with Crippen LogP contribution in [0.2, 0.25) is 0 Å². The molecule has 0 radical (unpaired) electrons. The molecule has 0 aromatic heterocycles. The van der Waals surface area contributed by atoms with Crippen molar-refractivity contribution in [1.82, 2.24) is 15.1 Å². The summed E-state index contributed by atoms with van der Waals surface area (Å²) in [5.74, 6) is 0. The van der Waals surface area contributed by atoms with Crippen molar-refractivity contribution >= 4 is 6.03 Å². The van der Waals surface area contributed by atoms with E-state index < -0.39 is 0 Å². The second kappa shape index (κ2) is 4.17. The van der Waals surface area contributed by atoms with Gasteiger partial charge >= 0.3 is 6.03 Å². The molecule has 0 bridgehead atoms. The molecule has 1 unspecified atom stereocenters. The summed E-state index contributed by atoms with van der Waals surface area (Å²) in [6.07, 6.45) is 3.46. The Labute approximate surface area is 85.2 Å². The minimum atomic E-state index is 0.213. The highest BCUT2D eigenvalue weighted by molar-refractivity contribution is 5.75. The molecule has 2 aliphatic heterocycles. The maximum atomic E-state index is 11.8. The quantitative estimate of drug-likeness (QED) is 0.664. The van der Waals surface area contributed by atoms with E-state index in [2.05, 4.69) is 5.32 Å². The summed E-state index contributed by atoms with van der Waals surface area (Å²) in [4.78, 5) is 15.7. The lowest BCUT2D eigenvalue weighted by Crippen LogP contribution is -2.55. The van der Waals surface area contributed by atoms with Gasteiger partial charge in [0.05, 0.1) is 0 Å². The molecule has 80 valence electrons. The summed E-state index contributed by atoms with van der Waals surface area (Å²) >= 11 is 0. The molecule has 2 aliphatic rings. The number of hydrogen-bond acceptors (Lipinski definition) is 2. The normalized spacial score (nSPS) is 29.5. The predicted octanol–water partition coefficient (Wildman–Crippen LogP) is 0.496. The van der Waals surface area contributed by atoms with Crippen LogP contribution in [0, 0.1) is 0 Å². The summed E-state index contributed by atoms with van der Waals surface area (Å²) < 4.78 is 0. The minimum absolute atomic E-state index is 0.213. The summed E-state index contributed by atoms with van der Waals surface area (Å²) in [5, 5.41) is 3.36. The first-order valence-electron chi connectivity index (χ1n) is 5.51. The van der Waals surface area contributed by atoms with E-state index >= 15 is 0 Å². The molecule has 4 heteroatoms. The Balaban J connectivity index is 1.97. The summed E-state index contributed by atoms with van der Waals surface area (Å²) in [7, 11) is 1.89. The van der Waals surface area contributed by atoms with E-state index in [1.165, 1.54) is 6.42 Å². The molecule has 0 aliphatic carbocycles. The number of hydrogen-bond donors (Lipinski definition) is 1. The van der Waals surface area contributed by atoms with Gasteiger partial charge in [0.15, 0.2) is 0 Å². The maximum Gasteiger partial charge on any atom is 0.320 e. The van der Waals surface area contributed by atoms with Gasteiger partial charge in [-0.05, 0) is 25.8 Å². The first kappa shape index (κ1) is 9.77. The first-order valence-corrected chi connectivity index (χ1v) is 5.51. The Kier molecular flexibility index (Phi) is 2.91. The predicted molar refractivity (Wildman–Crippen MR) is 55.2 cm³/mol. The number of nitrogens with one attached hydrogen (secondary N) is 1. The SMILES string of the molecule is CN1CCCN(C2CCCNC2)C1=O. The van der Waals surface area contributed by atoms with Gasteiger partial charge in [-0.15, -0.1) is 0 Å². The lowest BCUT2D eigenvalue weighted by molar-refractivity contribution is 0.109. The summed E-state index contributed by atoms with van der Waals surface area (Å²) in [6.45, 7) is 3.93. The number of rotatable bonds is 1. The van der Waals surface area contributed by atoms with Crippen LogP contribution in [0.15, 0.2) is 0 Å². The summed E-state index contributed by atoms with van der Waals surface area (Å²) in [5.41, 5.74) is 0. The Morgan fingerprint density at radius 3 is 2.93 bits per heavy atom. The molecule has 4 nitrogen and oxygen atoms in total. The van der Waals surface area contributed by atoms with Crippen LogP contribution in [0.1, 0.15) is 19.3 Å². The molecular formula is C10H19N3O. The van der Waals surface area contributed by atoms with Crippen molar-refractivity contribution in [2.75, 3.05) is 33.2 Å². The Morgan fingerprint density at radius 1 is 1.36 bits per heavy atom. The van der Waals surface area contributed by atoms with Crippen molar-refractivity contribution in [2.24, 2.45) is 0 Å². The largest absolute Gasteiger partial charge is 0.328 e. The standard InChI is InChI=1S/C10H19N3O/c1-12-6-3-7-13(10(12)14)9-4-2-5-11-8-9/h9,11H,2-8H2,1H3. The molecule has 0 aromatic rings. The average Bonchev–Trinajstić information content (AvgIpc) is 2.23. The molecule has 1 atom stereocenters. The van der Waals surface area contributed by atoms with Gasteiger partial charge in [-0.2, -0.15) is 0 Å². The van der Waals surface area contributed by atoms with Crippen LogP contribution in [-0.4, -0.2) is 55.1 Å². The van der Waals surface area contributed by atoms with Crippen LogP contribution in [0.4, 0.5) is 4.79 Å². The van der Waals surface area contributed by atoms with Gasteiger partial charge in [-0.1, -0.05) is 0 Å². The number of urea groups is 1. The van der Waals surface area contributed by atoms with Crippen molar-refractivity contribution in [3.8, 4) is 0 Å². The lowest BCUT2D eigenvalue weighted by Gasteiger charge is -2.40. The second-order valence-corrected chi connectivity index (χ2v) is 4.25. The highest BCUT2D eigenvalue weighted by Gasteiger charge is 2.29. The van der Waals surface area contributed by atoms with Gasteiger partial charge in [0, 0.05) is 32.7 Å². The average molecular weight is 197 g/mol. The van der Waals surface area contributed by atoms with Crippen LogP contribution >= 0.6 is 0 Å². The fourth-order valence-corrected chi connectivity index (χ4v) is 2.33. The zero-order valence-corrected chi connectivity index (χ0v) is 8.83. The third-order valence-electron chi connectivity index (χ3n) is 3.18. The lowest BCUT2D eigenvalue weighted by atomic mass is 10.1. The topological polar surface area (TPSA) is 35.6 Å². The van der Waals surface area contributed by atoms with E-state index in [-0.39, 0.29) is 6.03 Å². The van der Waals surface area contributed by atoms with Gasteiger partial charge in [0.2, 0.25) is 0 Å². The number of piperidine rings is 1. The highest BCUT2D eigenvalue weighted by atomic mass is 16.2. The van der Waals surface area contributed by atoms with Crippen LogP contribution in [0.25, 0.3) is 0 Å². The van der Waals surface area contributed by atoms with Crippen molar-refractivity contribution < 1.29 is 4.79 Å². The maximum absolute atomic E-state index is 11.8. The van der Waals surface area contributed by atoms with Gasteiger partial charge in [-0.25, -0.2) is 4.79 Å². The summed E-state index contributed by atoms with van der Waals surface area (Å²) in [6, 6.07) is 0.643. The van der Waals surface area contributed by atoms with Gasteiger partial charge in [0.25, 0.3) is 0 Å². The molecule has 0 saturated carbocycles. The zero-order valence-electron chi connectivity index (χ0n) is 8.83. The van der Waals surface area contributed by atoms with E-state index in [0.717, 1.165) is 39.0 Å². The molecule has 2 heterocycles. The Hall–Kier alpha value is -0.770. The van der Waals surface area contributed by atoms with E-state index in [1.807, 2.05) is 16.8 Å². The van der Waals surface area contributed by atoms with Crippen molar-refractivity contribution in [2.45, 2.75) is 25.3 Å². The van der Waals surface area contributed by atoms with Crippen LogP contribution in [0.3, 0.4) is 0 Å². The van der Waals surface area contributed by atoms with Crippen molar-refractivity contribution in [3.05, 3.63) is 0 Å². The Bertz CT molecular complexity index is 213. The van der Waals surface area contributed by atoms with Gasteiger partial charge < -0.3 is 15.1 Å². The Morgan fingerprint density at radius 2 is 2.21 bits per heavy atom. The minimum Gasteiger partial charge on any atom is -0.328 e. The number of amides is 2. The molecule has 2 rings (SSSR count). The van der Waals surface area contributed by atoms with E-state index in [1.54, 1.807) is 0 Å². The first-order chi connectivity index (χ1) is 6.79. The molecule has 2 amide bonds. The van der Waals surface area contributed by atoms with Crippen molar-refractivity contribution in [3.63, 3.8) is 0 Å². The van der Waals surface area contributed by atoms with Crippen LogP contribution in [-0.2, 0) is 0 Å². The monoisotopic (exact) mass is 197 g/mol. The molecule has 2 fully saturated rings. The van der Waals surface area contributed by atoms with E-state index in [4.69, 9.17) is 0 Å². The third kappa shape index (κ3) is 1.85. The second-order valence-electron chi connectivity index (χ2n) is 4.25. The molecule has 1 N–H and O–H groups in total. The number of carbonyl (C=O) groups is 1. The van der Waals surface area contributed by atoms with Crippen molar-refractivity contribution in [1.29, 1.82) is 0 Å². The molecule has 0 aromatic carbocycles. The van der Waals surface area contributed by atoms with Crippen LogP contribution in [0.5, 0.6) is 0 Å². The van der Waals surface area contributed by atoms with Crippen LogP contribution < -0.4 is 5.32 Å². The fraction of sp³-hybridized carbons (Fsp3) is 0.900. The van der Waals surface area contributed by atoms with Gasteiger partial charge in [0.1, 0.15) is 0 Å². The molecule has 2 saturated heterocycles. The number of nitrogens with zero attached hydrogens (tertiary/aromatic N) is 2. The third-order valence-corrected chi connectivity index (χ3v) is 3.18. The van der Waals surface area contributed by atoms with E-state index in [9.17, 15) is 4.79 Å². The zero-order chi connectivity index (χ0) is 9.97. The molecule has 14 heavy (non-hydrogen) atoms. The molecule has 0 spiro atoms. The van der Waals surface area contributed by atoms with E-state index in [0.29, 0.717) is 6.04 Å². The highest BCUT2D eigenvalue weighted by Crippen LogP contribution is 2.16. The number of carbonyl (C=O) groups excluding carboxylic acids is 1. The van der Waals surface area contributed by atoms with Gasteiger partial charge in [-0.3, -0.25) is 0 Å². The molecular weight excluding hydrogens is 178 g/mol.